The molecule has 0 bridgehead atoms. The van der Waals surface area contributed by atoms with Crippen LogP contribution in [0.15, 0.2) is 0 Å². The molecule has 0 radical (unpaired) electrons. The van der Waals surface area contributed by atoms with Crippen LogP contribution in [0.2, 0.25) is 0 Å². The Kier molecular flexibility index (Phi) is 3.81. The number of nitrogens with zero attached hydrogens (tertiary/aromatic N) is 1. The summed E-state index contributed by atoms with van der Waals surface area (Å²) in [7, 11) is 0. The summed E-state index contributed by atoms with van der Waals surface area (Å²) in [6, 6.07) is 0. The van der Waals surface area contributed by atoms with E-state index in [9.17, 15) is 0 Å². The van der Waals surface area contributed by atoms with Crippen LogP contribution in [-0.4, -0.2) is 30.1 Å². The molecule has 2 nitrogen and oxygen atoms in total. The average molecular weight is 252 g/mol. The van der Waals surface area contributed by atoms with Crippen LogP contribution in [0.1, 0.15) is 66.2 Å². The molecule has 2 aliphatic rings. The van der Waals surface area contributed by atoms with Gasteiger partial charge in [-0.25, -0.2) is 0 Å². The second-order valence-electron chi connectivity index (χ2n) is 7.92. The first kappa shape index (κ1) is 14.3. The number of rotatable bonds is 3. The van der Waals surface area contributed by atoms with Crippen molar-refractivity contribution in [3.05, 3.63) is 0 Å². The smallest absolute Gasteiger partial charge is 0.0337 e. The molecule has 1 saturated heterocycles. The van der Waals surface area contributed by atoms with E-state index in [1.54, 1.807) is 0 Å². The van der Waals surface area contributed by atoms with E-state index < -0.39 is 0 Å². The number of hydrogen-bond donors (Lipinski definition) is 1. The quantitative estimate of drug-likeness (QED) is 0.834. The molecule has 1 atom stereocenters. The number of likely N-dealkylation sites (tertiary alicyclic amines) is 1. The van der Waals surface area contributed by atoms with E-state index in [1.165, 1.54) is 51.6 Å². The van der Waals surface area contributed by atoms with Gasteiger partial charge in [-0.15, -0.1) is 0 Å². The maximum absolute atomic E-state index is 6.18. The summed E-state index contributed by atoms with van der Waals surface area (Å²) >= 11 is 0. The fourth-order valence-electron chi connectivity index (χ4n) is 4.09. The molecule has 2 fully saturated rings. The van der Waals surface area contributed by atoms with Gasteiger partial charge >= 0.3 is 0 Å². The molecule has 2 N–H and O–H groups in total. The summed E-state index contributed by atoms with van der Waals surface area (Å²) in [5.74, 6) is 0. The van der Waals surface area contributed by atoms with Crippen molar-refractivity contribution in [3.8, 4) is 0 Å². The van der Waals surface area contributed by atoms with Crippen molar-refractivity contribution < 1.29 is 0 Å². The van der Waals surface area contributed by atoms with Crippen LogP contribution in [0.25, 0.3) is 0 Å². The van der Waals surface area contributed by atoms with E-state index in [1.807, 2.05) is 0 Å². The molecule has 1 saturated carbocycles. The van der Waals surface area contributed by atoms with E-state index in [0.717, 1.165) is 6.54 Å². The Hall–Kier alpha value is -0.0800. The number of nitrogens with two attached hydrogens (primary N) is 1. The first-order valence-corrected chi connectivity index (χ1v) is 7.80. The maximum atomic E-state index is 6.18. The van der Waals surface area contributed by atoms with Crippen molar-refractivity contribution in [1.82, 2.24) is 4.90 Å². The summed E-state index contributed by atoms with van der Waals surface area (Å²) in [6.07, 6.45) is 7.96. The maximum Gasteiger partial charge on any atom is 0.0337 e. The fourth-order valence-corrected chi connectivity index (χ4v) is 4.09. The highest BCUT2D eigenvalue weighted by molar-refractivity contribution is 5.03. The van der Waals surface area contributed by atoms with Crippen LogP contribution in [0, 0.1) is 10.8 Å². The van der Waals surface area contributed by atoms with Crippen molar-refractivity contribution in [3.63, 3.8) is 0 Å². The average Bonchev–Trinajstić information content (AvgIpc) is 2.67. The van der Waals surface area contributed by atoms with Gasteiger partial charge in [0.2, 0.25) is 0 Å². The Morgan fingerprint density at radius 1 is 1.00 bits per heavy atom. The largest absolute Gasteiger partial charge is 0.329 e. The lowest BCUT2D eigenvalue weighted by Gasteiger charge is -2.48. The summed E-state index contributed by atoms with van der Waals surface area (Å²) in [5.41, 5.74) is 7.57. The molecular weight excluding hydrogens is 220 g/mol. The van der Waals surface area contributed by atoms with E-state index >= 15 is 0 Å². The lowest BCUT2D eigenvalue weighted by Crippen LogP contribution is -2.56. The number of hydrogen-bond acceptors (Lipinski definition) is 2. The van der Waals surface area contributed by atoms with Gasteiger partial charge in [-0.05, 0) is 56.0 Å². The summed E-state index contributed by atoms with van der Waals surface area (Å²) in [6.45, 7) is 13.0. The molecule has 1 aliphatic heterocycles. The van der Waals surface area contributed by atoms with Gasteiger partial charge < -0.3 is 5.73 Å². The first-order chi connectivity index (χ1) is 8.35. The van der Waals surface area contributed by atoms with E-state index in [2.05, 4.69) is 32.6 Å². The third-order valence-corrected chi connectivity index (χ3v) is 5.95. The summed E-state index contributed by atoms with van der Waals surface area (Å²) in [5, 5.41) is 0. The van der Waals surface area contributed by atoms with Crippen molar-refractivity contribution in [1.29, 1.82) is 0 Å². The standard InChI is InChI=1S/C16H32N2/c1-5-15(4)8-10-18(11-9-15)16(13-17)7-6-14(2,3)12-16/h5-13,17H2,1-4H3. The van der Waals surface area contributed by atoms with Crippen LogP contribution in [-0.2, 0) is 0 Å². The minimum atomic E-state index is 0.318. The van der Waals surface area contributed by atoms with Crippen molar-refractivity contribution in [2.45, 2.75) is 71.8 Å². The molecule has 0 aromatic heterocycles. The first-order valence-electron chi connectivity index (χ1n) is 7.80. The predicted octanol–water partition coefficient (Wildman–Crippen LogP) is 3.41. The molecule has 1 aliphatic carbocycles. The zero-order valence-corrected chi connectivity index (χ0v) is 12.9. The highest BCUT2D eigenvalue weighted by atomic mass is 15.2. The van der Waals surface area contributed by atoms with E-state index in [-0.39, 0.29) is 0 Å². The van der Waals surface area contributed by atoms with Crippen molar-refractivity contribution in [2.75, 3.05) is 19.6 Å². The Morgan fingerprint density at radius 3 is 2.00 bits per heavy atom. The fraction of sp³-hybridized carbons (Fsp3) is 1.00. The SMILES string of the molecule is CCC1(C)CCN(C2(CN)CCC(C)(C)C2)CC1. The Labute approximate surface area is 113 Å². The minimum Gasteiger partial charge on any atom is -0.329 e. The van der Waals surface area contributed by atoms with Gasteiger partial charge in [0.25, 0.3) is 0 Å². The molecular formula is C16H32N2. The van der Waals surface area contributed by atoms with Crippen LogP contribution < -0.4 is 5.73 Å². The second kappa shape index (κ2) is 4.79. The topological polar surface area (TPSA) is 29.3 Å². The van der Waals surface area contributed by atoms with Crippen LogP contribution in [0.5, 0.6) is 0 Å². The van der Waals surface area contributed by atoms with Gasteiger partial charge in [-0.2, -0.15) is 0 Å². The molecule has 2 rings (SSSR count). The van der Waals surface area contributed by atoms with Gasteiger partial charge in [0.05, 0.1) is 0 Å². The molecule has 18 heavy (non-hydrogen) atoms. The third kappa shape index (κ3) is 2.60. The Morgan fingerprint density at radius 2 is 1.61 bits per heavy atom. The highest BCUT2D eigenvalue weighted by Gasteiger charge is 2.47. The summed E-state index contributed by atoms with van der Waals surface area (Å²) < 4.78 is 0. The molecule has 2 heteroatoms. The second-order valence-corrected chi connectivity index (χ2v) is 7.92. The Balaban J connectivity index is 2.04. The predicted molar refractivity (Wildman–Crippen MR) is 78.6 cm³/mol. The molecule has 1 heterocycles. The third-order valence-electron chi connectivity index (χ3n) is 5.95. The Bertz CT molecular complexity index is 289. The van der Waals surface area contributed by atoms with Crippen LogP contribution in [0.4, 0.5) is 0 Å². The molecule has 0 amide bonds. The van der Waals surface area contributed by atoms with E-state index in [4.69, 9.17) is 5.73 Å². The van der Waals surface area contributed by atoms with Crippen LogP contribution in [0.3, 0.4) is 0 Å². The molecule has 106 valence electrons. The zero-order valence-electron chi connectivity index (χ0n) is 12.9. The van der Waals surface area contributed by atoms with Gasteiger partial charge in [-0.3, -0.25) is 4.90 Å². The highest BCUT2D eigenvalue weighted by Crippen LogP contribution is 2.48. The van der Waals surface area contributed by atoms with Crippen LogP contribution >= 0.6 is 0 Å². The zero-order chi connectivity index (χ0) is 13.4. The van der Waals surface area contributed by atoms with Crippen molar-refractivity contribution in [2.24, 2.45) is 16.6 Å². The normalized spacial score (nSPS) is 35.8. The monoisotopic (exact) mass is 252 g/mol. The molecule has 1 unspecified atom stereocenters. The van der Waals surface area contributed by atoms with Gasteiger partial charge in [0.1, 0.15) is 0 Å². The lowest BCUT2D eigenvalue weighted by molar-refractivity contribution is 0.0228. The summed E-state index contributed by atoms with van der Waals surface area (Å²) in [4.78, 5) is 2.74. The van der Waals surface area contributed by atoms with E-state index in [0.29, 0.717) is 16.4 Å². The molecule has 0 aromatic carbocycles. The lowest BCUT2D eigenvalue weighted by atomic mass is 9.76. The molecule has 0 aromatic rings. The minimum absolute atomic E-state index is 0.318. The molecule has 0 spiro atoms. The van der Waals surface area contributed by atoms with Gasteiger partial charge in [0.15, 0.2) is 0 Å². The van der Waals surface area contributed by atoms with Crippen molar-refractivity contribution >= 4 is 0 Å². The number of piperidine rings is 1. The van der Waals surface area contributed by atoms with Gasteiger partial charge in [-0.1, -0.05) is 34.1 Å². The van der Waals surface area contributed by atoms with Gasteiger partial charge in [0, 0.05) is 12.1 Å².